The lowest BCUT2D eigenvalue weighted by Crippen LogP contribution is -3.00. The van der Waals surface area contributed by atoms with Crippen molar-refractivity contribution in [1.82, 2.24) is 20.2 Å². The quantitative estimate of drug-likeness (QED) is 0.899. The predicted molar refractivity (Wildman–Crippen MR) is 68.7 cm³/mol. The van der Waals surface area contributed by atoms with Crippen molar-refractivity contribution in [2.24, 2.45) is 0 Å². The monoisotopic (exact) mass is 294 g/mol. The molecular weight excluding hydrogens is 282 g/mol. The number of nitrogens with zero attached hydrogens (tertiary/aromatic N) is 4. The normalized spacial score (nSPS) is 11.5. The van der Waals surface area contributed by atoms with E-state index in [1.165, 1.54) is 4.90 Å². The van der Waals surface area contributed by atoms with Crippen LogP contribution >= 0.6 is 15.9 Å². The zero-order valence-corrected chi connectivity index (χ0v) is 11.2. The average molecular weight is 295 g/mol. The van der Waals surface area contributed by atoms with Crippen LogP contribution < -0.4 is 4.90 Å². The van der Waals surface area contributed by atoms with Crippen molar-refractivity contribution in [2.75, 3.05) is 14.1 Å². The molecular formula is C11H13BrN5+. The molecule has 0 aliphatic heterocycles. The van der Waals surface area contributed by atoms with E-state index in [4.69, 9.17) is 0 Å². The third kappa shape index (κ3) is 2.98. The van der Waals surface area contributed by atoms with Crippen LogP contribution in [0.5, 0.6) is 0 Å². The molecule has 1 aromatic carbocycles. The molecule has 1 aromatic heterocycles. The summed E-state index contributed by atoms with van der Waals surface area (Å²) in [5.74, 6) is 0.716. The minimum Gasteiger partial charge on any atom is -0.313 e. The fourth-order valence-corrected chi connectivity index (χ4v) is 1.57. The van der Waals surface area contributed by atoms with E-state index < -0.39 is 0 Å². The van der Waals surface area contributed by atoms with E-state index in [-0.39, 0.29) is 0 Å². The molecule has 0 saturated carbocycles. The van der Waals surface area contributed by atoms with Gasteiger partial charge in [0.25, 0.3) is 0 Å². The summed E-state index contributed by atoms with van der Waals surface area (Å²) in [7, 11) is 4.06. The number of aromatic nitrogens is 4. The number of nitrogens with one attached hydrogen (secondary N) is 1. The Labute approximate surface area is 108 Å². The van der Waals surface area contributed by atoms with Crippen molar-refractivity contribution in [2.45, 2.75) is 0 Å². The van der Waals surface area contributed by atoms with E-state index in [9.17, 15) is 0 Å². The molecule has 1 N–H and O–H groups in total. The molecule has 1 heterocycles. The van der Waals surface area contributed by atoms with Crippen LogP contribution in [0, 0.1) is 0 Å². The van der Waals surface area contributed by atoms with Crippen LogP contribution in [-0.2, 0) is 0 Å². The molecule has 0 atom stereocenters. The van der Waals surface area contributed by atoms with Crippen LogP contribution in [0.4, 0.5) is 0 Å². The minimum absolute atomic E-state index is 0.716. The van der Waals surface area contributed by atoms with Crippen LogP contribution in [0.2, 0.25) is 0 Å². The standard InChI is InChI=1S/C11H12BrN5/c1-16(2)8-7-11-13-14-15-17(11)10-5-3-9(12)4-6-10/h3-8H,1-2H3/p+1/b8-7+. The molecule has 0 spiro atoms. The van der Waals surface area contributed by atoms with E-state index in [1.54, 1.807) is 4.68 Å². The van der Waals surface area contributed by atoms with Gasteiger partial charge in [-0.2, -0.15) is 4.68 Å². The third-order valence-corrected chi connectivity index (χ3v) is 2.66. The van der Waals surface area contributed by atoms with Gasteiger partial charge < -0.3 is 4.90 Å². The molecule has 0 saturated heterocycles. The van der Waals surface area contributed by atoms with E-state index in [0.29, 0.717) is 5.82 Å². The second-order valence-electron chi connectivity index (χ2n) is 3.84. The second kappa shape index (κ2) is 5.20. The molecule has 5 nitrogen and oxygen atoms in total. The number of tetrazole rings is 1. The molecule has 0 bridgehead atoms. The molecule has 17 heavy (non-hydrogen) atoms. The van der Waals surface area contributed by atoms with Crippen molar-refractivity contribution >= 4 is 22.0 Å². The minimum atomic E-state index is 0.716. The molecule has 6 heteroatoms. The summed E-state index contributed by atoms with van der Waals surface area (Å²) >= 11 is 3.40. The summed E-state index contributed by atoms with van der Waals surface area (Å²) in [6, 6.07) is 7.84. The van der Waals surface area contributed by atoms with Gasteiger partial charge in [0, 0.05) is 10.5 Å². The molecule has 0 unspecified atom stereocenters. The fraction of sp³-hybridized carbons (Fsp3) is 0.182. The summed E-state index contributed by atoms with van der Waals surface area (Å²) in [6.07, 6.45) is 3.89. The van der Waals surface area contributed by atoms with Crippen LogP contribution in [-0.4, -0.2) is 34.3 Å². The average Bonchev–Trinajstić information content (AvgIpc) is 2.75. The first kappa shape index (κ1) is 11.9. The maximum atomic E-state index is 3.98. The van der Waals surface area contributed by atoms with Crippen LogP contribution in [0.1, 0.15) is 5.82 Å². The number of quaternary nitrogens is 1. The molecule has 2 aromatic rings. The second-order valence-corrected chi connectivity index (χ2v) is 4.75. The lowest BCUT2D eigenvalue weighted by Gasteiger charge is -2.02. The third-order valence-electron chi connectivity index (χ3n) is 2.13. The van der Waals surface area contributed by atoms with Crippen molar-refractivity contribution in [3.05, 3.63) is 40.8 Å². The Bertz CT molecular complexity index is 515. The van der Waals surface area contributed by atoms with E-state index >= 15 is 0 Å². The van der Waals surface area contributed by atoms with Gasteiger partial charge in [0.2, 0.25) is 0 Å². The number of rotatable bonds is 3. The van der Waals surface area contributed by atoms with Gasteiger partial charge in [-0.05, 0) is 34.7 Å². The molecule has 88 valence electrons. The van der Waals surface area contributed by atoms with Crippen LogP contribution in [0.25, 0.3) is 11.8 Å². The van der Waals surface area contributed by atoms with Gasteiger partial charge in [0.05, 0.1) is 26.0 Å². The van der Waals surface area contributed by atoms with Gasteiger partial charge in [-0.15, -0.1) is 5.10 Å². The van der Waals surface area contributed by atoms with Gasteiger partial charge in [0.1, 0.15) is 0 Å². The Morgan fingerprint density at radius 3 is 2.59 bits per heavy atom. The highest BCUT2D eigenvalue weighted by Gasteiger charge is 2.05. The van der Waals surface area contributed by atoms with Crippen LogP contribution in [0.3, 0.4) is 0 Å². The van der Waals surface area contributed by atoms with Gasteiger partial charge >= 0.3 is 0 Å². The van der Waals surface area contributed by atoms with Crippen molar-refractivity contribution < 1.29 is 4.90 Å². The van der Waals surface area contributed by atoms with Gasteiger partial charge in [0.15, 0.2) is 5.82 Å². The zero-order valence-electron chi connectivity index (χ0n) is 9.63. The summed E-state index contributed by atoms with van der Waals surface area (Å²) in [4.78, 5) is 1.20. The zero-order chi connectivity index (χ0) is 12.3. The lowest BCUT2D eigenvalue weighted by molar-refractivity contribution is -0.800. The van der Waals surface area contributed by atoms with Gasteiger partial charge in [-0.1, -0.05) is 15.9 Å². The van der Waals surface area contributed by atoms with Crippen LogP contribution in [0.15, 0.2) is 34.9 Å². The summed E-state index contributed by atoms with van der Waals surface area (Å²) in [5.41, 5.74) is 0.937. The summed E-state index contributed by atoms with van der Waals surface area (Å²) in [6.45, 7) is 0. The summed E-state index contributed by atoms with van der Waals surface area (Å²) < 4.78 is 2.73. The van der Waals surface area contributed by atoms with Gasteiger partial charge in [-0.25, -0.2) is 0 Å². The largest absolute Gasteiger partial charge is 0.313 e. The molecule has 2 rings (SSSR count). The first-order valence-corrected chi connectivity index (χ1v) is 5.98. The van der Waals surface area contributed by atoms with Crippen molar-refractivity contribution in [3.63, 3.8) is 0 Å². The molecule has 0 amide bonds. The highest BCUT2D eigenvalue weighted by atomic mass is 79.9. The van der Waals surface area contributed by atoms with Crippen molar-refractivity contribution in [1.29, 1.82) is 0 Å². The Kier molecular flexibility index (Phi) is 3.65. The summed E-state index contributed by atoms with van der Waals surface area (Å²) in [5, 5.41) is 11.6. The Morgan fingerprint density at radius 1 is 1.24 bits per heavy atom. The Morgan fingerprint density at radius 2 is 1.94 bits per heavy atom. The maximum Gasteiger partial charge on any atom is 0.185 e. The van der Waals surface area contributed by atoms with E-state index in [0.717, 1.165) is 10.2 Å². The molecule has 0 fully saturated rings. The first-order chi connectivity index (χ1) is 8.16. The maximum absolute atomic E-state index is 3.98. The van der Waals surface area contributed by atoms with E-state index in [2.05, 4.69) is 31.5 Å². The lowest BCUT2D eigenvalue weighted by atomic mass is 10.3. The van der Waals surface area contributed by atoms with Gasteiger partial charge in [-0.3, -0.25) is 0 Å². The number of hydrogen-bond acceptors (Lipinski definition) is 3. The molecule has 0 radical (unpaired) electrons. The highest BCUT2D eigenvalue weighted by Crippen LogP contribution is 2.14. The smallest absolute Gasteiger partial charge is 0.185 e. The fourth-order valence-electron chi connectivity index (χ4n) is 1.31. The Balaban J connectivity index is 2.33. The van der Waals surface area contributed by atoms with Crippen molar-refractivity contribution in [3.8, 4) is 5.69 Å². The predicted octanol–water partition coefficient (Wildman–Crippen LogP) is 0.540. The first-order valence-electron chi connectivity index (χ1n) is 5.19. The number of hydrogen-bond donors (Lipinski definition) is 1. The van der Waals surface area contributed by atoms with E-state index in [1.807, 2.05) is 50.6 Å². The number of halogens is 1. The topological polar surface area (TPSA) is 48.0 Å². The molecule has 0 aliphatic carbocycles. The number of benzene rings is 1. The SMILES string of the molecule is C[NH+](C)/C=C/c1nnnn1-c1ccc(Br)cc1. The Hall–Kier alpha value is -1.53. The molecule has 0 aliphatic rings. The highest BCUT2D eigenvalue weighted by molar-refractivity contribution is 9.10.